The highest BCUT2D eigenvalue weighted by Gasteiger charge is 2.40. The number of alkyl halides is 6. The molecular formula is C26H25F6N5O4. The lowest BCUT2D eigenvalue weighted by Gasteiger charge is -2.22. The summed E-state index contributed by atoms with van der Waals surface area (Å²) in [6, 6.07) is 18.6. The van der Waals surface area contributed by atoms with Gasteiger partial charge in [0.1, 0.15) is 0 Å². The number of halogens is 6. The smallest absolute Gasteiger partial charge is 0.475 e. The van der Waals surface area contributed by atoms with Crippen LogP contribution in [0.4, 0.5) is 32.2 Å². The molecule has 4 heterocycles. The van der Waals surface area contributed by atoms with Crippen LogP contribution in [0.25, 0.3) is 11.3 Å². The third-order valence-electron chi connectivity index (χ3n) is 6.22. The summed E-state index contributed by atoms with van der Waals surface area (Å²) in [5, 5.41) is 23.2. The van der Waals surface area contributed by atoms with Crippen molar-refractivity contribution in [2.45, 2.75) is 18.9 Å². The molecule has 2 aliphatic heterocycles. The quantitative estimate of drug-likeness (QED) is 0.430. The van der Waals surface area contributed by atoms with Crippen LogP contribution in [0, 0.1) is 11.8 Å². The number of carbonyl (C=O) groups is 2. The van der Waals surface area contributed by atoms with Crippen LogP contribution in [0.15, 0.2) is 67.0 Å². The zero-order valence-corrected chi connectivity index (χ0v) is 21.3. The van der Waals surface area contributed by atoms with E-state index in [1.165, 1.54) is 5.56 Å². The van der Waals surface area contributed by atoms with Crippen molar-refractivity contribution in [3.8, 4) is 11.3 Å². The topological polar surface area (TPSA) is 120 Å². The molecule has 2 saturated heterocycles. The van der Waals surface area contributed by atoms with Crippen molar-refractivity contribution in [3.05, 3.63) is 72.6 Å². The number of benzene rings is 1. The van der Waals surface area contributed by atoms with E-state index in [-0.39, 0.29) is 0 Å². The lowest BCUT2D eigenvalue weighted by Crippen LogP contribution is -2.29. The Morgan fingerprint density at radius 3 is 1.78 bits per heavy atom. The molecule has 2 atom stereocenters. The molecular weight excluding hydrogens is 560 g/mol. The second-order valence-electron chi connectivity index (χ2n) is 9.23. The Bertz CT molecular complexity index is 1240. The second-order valence-corrected chi connectivity index (χ2v) is 9.23. The summed E-state index contributed by atoms with van der Waals surface area (Å²) in [6.45, 7) is 5.48. The van der Waals surface area contributed by atoms with Crippen molar-refractivity contribution in [3.63, 3.8) is 0 Å². The number of carboxylic acid groups (broad SMARTS) is 2. The number of pyridine rings is 1. The molecule has 2 fully saturated rings. The molecule has 0 aliphatic carbocycles. The Morgan fingerprint density at radius 2 is 1.34 bits per heavy atom. The molecule has 15 heteroatoms. The van der Waals surface area contributed by atoms with Gasteiger partial charge in [0.25, 0.3) is 0 Å². The second kappa shape index (κ2) is 13.4. The predicted octanol–water partition coefficient (Wildman–Crippen LogP) is 4.37. The minimum absolute atomic E-state index is 0.720. The van der Waals surface area contributed by atoms with Gasteiger partial charge in [-0.05, 0) is 35.6 Å². The molecule has 0 bridgehead atoms. The van der Waals surface area contributed by atoms with Crippen LogP contribution in [0.3, 0.4) is 0 Å². The molecule has 2 unspecified atom stereocenters. The minimum atomic E-state index is -5.08. The summed E-state index contributed by atoms with van der Waals surface area (Å²) in [6.07, 6.45) is -6.35. The standard InChI is InChI=1S/C22H23N5.2C2HF3O2/c1-2-6-18(7-3-1)21-8-9-22(25-24-21)27-15-19-13-26(14-20(19)16-27)12-17-5-4-10-23-11-17;2*3-2(4,5)1(6)7/h1-11,19-20H,12-16H2;2*(H,6,7). The summed E-state index contributed by atoms with van der Waals surface area (Å²) in [7, 11) is 0. The number of aromatic nitrogens is 3. The number of hydrogen-bond acceptors (Lipinski definition) is 7. The molecule has 9 nitrogen and oxygen atoms in total. The van der Waals surface area contributed by atoms with Crippen LogP contribution in [0.2, 0.25) is 0 Å². The van der Waals surface area contributed by atoms with Gasteiger partial charge in [-0.15, -0.1) is 10.2 Å². The first kappa shape index (κ1) is 31.3. The Labute approximate surface area is 230 Å². The average Bonchev–Trinajstić information content (AvgIpc) is 3.48. The Hall–Kier alpha value is -4.27. The first-order valence-corrected chi connectivity index (χ1v) is 12.1. The third kappa shape index (κ3) is 9.41. The molecule has 41 heavy (non-hydrogen) atoms. The molecule has 0 saturated carbocycles. The van der Waals surface area contributed by atoms with E-state index in [0.29, 0.717) is 0 Å². The van der Waals surface area contributed by atoms with Crippen molar-refractivity contribution in [2.24, 2.45) is 11.8 Å². The van der Waals surface area contributed by atoms with E-state index in [0.717, 1.165) is 61.6 Å². The van der Waals surface area contributed by atoms with Gasteiger partial charge in [-0.2, -0.15) is 26.3 Å². The highest BCUT2D eigenvalue weighted by molar-refractivity contribution is 5.73. The number of aliphatic carboxylic acids is 2. The highest BCUT2D eigenvalue weighted by atomic mass is 19.4. The summed E-state index contributed by atoms with van der Waals surface area (Å²) in [5.74, 6) is -3.07. The van der Waals surface area contributed by atoms with Crippen LogP contribution < -0.4 is 4.90 Å². The average molecular weight is 586 g/mol. The fourth-order valence-corrected chi connectivity index (χ4v) is 4.41. The Kier molecular flexibility index (Phi) is 10.2. The van der Waals surface area contributed by atoms with Gasteiger partial charge in [0.05, 0.1) is 5.69 Å². The number of likely N-dealkylation sites (tertiary alicyclic amines) is 1. The van der Waals surface area contributed by atoms with E-state index in [1.54, 1.807) is 0 Å². The van der Waals surface area contributed by atoms with E-state index in [2.05, 4.69) is 55.3 Å². The van der Waals surface area contributed by atoms with Crippen LogP contribution in [0.5, 0.6) is 0 Å². The number of carboxylic acids is 2. The molecule has 0 spiro atoms. The maximum absolute atomic E-state index is 10.6. The summed E-state index contributed by atoms with van der Waals surface area (Å²) in [5.41, 5.74) is 3.35. The van der Waals surface area contributed by atoms with Gasteiger partial charge in [-0.1, -0.05) is 36.4 Å². The largest absolute Gasteiger partial charge is 0.490 e. The molecule has 2 N–H and O–H groups in total. The highest BCUT2D eigenvalue weighted by Crippen LogP contribution is 2.34. The monoisotopic (exact) mass is 585 g/mol. The maximum Gasteiger partial charge on any atom is 0.490 e. The molecule has 0 radical (unpaired) electrons. The molecule has 0 amide bonds. The van der Waals surface area contributed by atoms with Gasteiger partial charge in [0.2, 0.25) is 0 Å². The van der Waals surface area contributed by atoms with Crippen molar-refractivity contribution >= 4 is 17.8 Å². The van der Waals surface area contributed by atoms with Crippen molar-refractivity contribution < 1.29 is 46.1 Å². The van der Waals surface area contributed by atoms with Crippen LogP contribution >= 0.6 is 0 Å². The molecule has 3 aromatic rings. The number of hydrogen-bond donors (Lipinski definition) is 2. The van der Waals surface area contributed by atoms with E-state index < -0.39 is 24.3 Å². The number of nitrogens with zero attached hydrogens (tertiary/aromatic N) is 5. The van der Waals surface area contributed by atoms with Crippen molar-refractivity contribution in [2.75, 3.05) is 31.1 Å². The van der Waals surface area contributed by atoms with Gasteiger partial charge in [-0.3, -0.25) is 9.88 Å². The zero-order chi connectivity index (χ0) is 30.2. The predicted molar refractivity (Wildman–Crippen MR) is 134 cm³/mol. The van der Waals surface area contributed by atoms with E-state index in [9.17, 15) is 26.3 Å². The summed E-state index contributed by atoms with van der Waals surface area (Å²) in [4.78, 5) is 27.0. The van der Waals surface area contributed by atoms with E-state index in [4.69, 9.17) is 19.8 Å². The zero-order valence-electron chi connectivity index (χ0n) is 21.3. The van der Waals surface area contributed by atoms with Gasteiger partial charge < -0.3 is 15.1 Å². The maximum atomic E-state index is 10.6. The first-order valence-electron chi connectivity index (χ1n) is 12.1. The van der Waals surface area contributed by atoms with Gasteiger partial charge >= 0.3 is 24.3 Å². The third-order valence-corrected chi connectivity index (χ3v) is 6.22. The SMILES string of the molecule is O=C(O)C(F)(F)F.O=C(O)C(F)(F)F.c1ccc(-c2ccc(N3CC4CN(Cc5cccnc5)CC4C3)nn2)cc1. The lowest BCUT2D eigenvalue weighted by molar-refractivity contribution is -0.193. The van der Waals surface area contributed by atoms with Crippen LogP contribution in [-0.4, -0.2) is 80.8 Å². The van der Waals surface area contributed by atoms with Crippen LogP contribution in [-0.2, 0) is 16.1 Å². The lowest BCUT2D eigenvalue weighted by atomic mass is 10.0. The number of fused-ring (bicyclic) bond motifs is 1. The van der Waals surface area contributed by atoms with E-state index in [1.807, 2.05) is 36.7 Å². The molecule has 220 valence electrons. The van der Waals surface area contributed by atoms with Gasteiger partial charge in [0, 0.05) is 50.7 Å². The summed E-state index contributed by atoms with van der Waals surface area (Å²) < 4.78 is 63.5. The van der Waals surface area contributed by atoms with Gasteiger partial charge in [-0.25, -0.2) is 9.59 Å². The van der Waals surface area contributed by atoms with Crippen molar-refractivity contribution in [1.82, 2.24) is 20.1 Å². The Morgan fingerprint density at radius 1 is 0.780 bits per heavy atom. The summed E-state index contributed by atoms with van der Waals surface area (Å²) >= 11 is 0. The molecule has 5 rings (SSSR count). The molecule has 2 aromatic heterocycles. The molecule has 2 aliphatic rings. The van der Waals surface area contributed by atoms with Crippen molar-refractivity contribution in [1.29, 1.82) is 0 Å². The van der Waals surface area contributed by atoms with Gasteiger partial charge in [0.15, 0.2) is 5.82 Å². The molecule has 1 aromatic carbocycles. The van der Waals surface area contributed by atoms with E-state index >= 15 is 0 Å². The minimum Gasteiger partial charge on any atom is -0.475 e. The number of anilines is 1. The number of rotatable bonds is 4. The first-order chi connectivity index (χ1) is 19.2. The Balaban J connectivity index is 0.000000276. The normalized spacial score (nSPS) is 18.4. The fraction of sp³-hybridized carbons (Fsp3) is 0.346. The van der Waals surface area contributed by atoms with Crippen LogP contribution in [0.1, 0.15) is 5.56 Å². The fourth-order valence-electron chi connectivity index (χ4n) is 4.41.